The second-order valence-corrected chi connectivity index (χ2v) is 4.94. The molecule has 1 rings (SSSR count). The SMILES string of the molecule is C=C(/C=C/C)Nc1ccc(CC)c(CCCCC)c1. The predicted molar refractivity (Wildman–Crippen MR) is 86.6 cm³/mol. The Morgan fingerprint density at radius 2 is 2.00 bits per heavy atom. The summed E-state index contributed by atoms with van der Waals surface area (Å²) >= 11 is 0. The van der Waals surface area contributed by atoms with Crippen molar-refractivity contribution in [3.8, 4) is 0 Å². The molecule has 0 bridgehead atoms. The van der Waals surface area contributed by atoms with Crippen molar-refractivity contribution in [2.24, 2.45) is 0 Å². The topological polar surface area (TPSA) is 12.0 Å². The summed E-state index contributed by atoms with van der Waals surface area (Å²) in [5.74, 6) is 0. The molecule has 0 saturated heterocycles. The van der Waals surface area contributed by atoms with Crippen molar-refractivity contribution in [1.29, 1.82) is 0 Å². The van der Waals surface area contributed by atoms with Gasteiger partial charge in [0.25, 0.3) is 0 Å². The average molecular weight is 257 g/mol. The minimum atomic E-state index is 0.936. The Morgan fingerprint density at radius 1 is 1.21 bits per heavy atom. The molecule has 0 spiro atoms. The van der Waals surface area contributed by atoms with Gasteiger partial charge < -0.3 is 5.32 Å². The van der Waals surface area contributed by atoms with E-state index in [9.17, 15) is 0 Å². The molecule has 1 aromatic carbocycles. The van der Waals surface area contributed by atoms with Crippen molar-refractivity contribution in [2.45, 2.75) is 52.9 Å². The van der Waals surface area contributed by atoms with Crippen LogP contribution in [0.15, 0.2) is 42.6 Å². The summed E-state index contributed by atoms with van der Waals surface area (Å²) in [5, 5.41) is 3.34. The normalized spacial score (nSPS) is 10.9. The van der Waals surface area contributed by atoms with E-state index >= 15 is 0 Å². The number of hydrogen-bond acceptors (Lipinski definition) is 1. The molecule has 0 aliphatic heterocycles. The van der Waals surface area contributed by atoms with Crippen LogP contribution in [0.3, 0.4) is 0 Å². The monoisotopic (exact) mass is 257 g/mol. The summed E-state index contributed by atoms with van der Waals surface area (Å²) < 4.78 is 0. The number of unbranched alkanes of at least 4 members (excludes halogenated alkanes) is 2. The van der Waals surface area contributed by atoms with E-state index in [-0.39, 0.29) is 0 Å². The van der Waals surface area contributed by atoms with Gasteiger partial charge in [-0.2, -0.15) is 0 Å². The fraction of sp³-hybridized carbons (Fsp3) is 0.444. The number of benzene rings is 1. The first-order chi connectivity index (χ1) is 9.21. The van der Waals surface area contributed by atoms with Gasteiger partial charge in [-0.15, -0.1) is 0 Å². The van der Waals surface area contributed by atoms with E-state index in [2.05, 4.69) is 43.9 Å². The van der Waals surface area contributed by atoms with Crippen LogP contribution in [0.5, 0.6) is 0 Å². The van der Waals surface area contributed by atoms with Gasteiger partial charge in [0.1, 0.15) is 0 Å². The van der Waals surface area contributed by atoms with Gasteiger partial charge in [-0.05, 0) is 55.5 Å². The van der Waals surface area contributed by atoms with E-state index in [4.69, 9.17) is 0 Å². The van der Waals surface area contributed by atoms with Crippen LogP contribution in [0.1, 0.15) is 51.2 Å². The van der Waals surface area contributed by atoms with Crippen molar-refractivity contribution in [3.05, 3.63) is 53.8 Å². The Labute approximate surface area is 118 Å². The van der Waals surface area contributed by atoms with Crippen molar-refractivity contribution in [3.63, 3.8) is 0 Å². The molecule has 1 heteroatoms. The van der Waals surface area contributed by atoms with Gasteiger partial charge in [-0.3, -0.25) is 0 Å². The van der Waals surface area contributed by atoms with Crippen molar-refractivity contribution < 1.29 is 0 Å². The molecule has 104 valence electrons. The lowest BCUT2D eigenvalue weighted by Crippen LogP contribution is -1.99. The van der Waals surface area contributed by atoms with Crippen LogP contribution in [-0.4, -0.2) is 0 Å². The predicted octanol–water partition coefficient (Wildman–Crippen LogP) is 5.48. The highest BCUT2D eigenvalue weighted by molar-refractivity contribution is 5.53. The number of anilines is 1. The van der Waals surface area contributed by atoms with E-state index in [1.807, 2.05) is 19.1 Å². The molecular formula is C18H27N. The molecule has 0 saturated carbocycles. The largest absolute Gasteiger partial charge is 0.356 e. The van der Waals surface area contributed by atoms with Crippen molar-refractivity contribution in [1.82, 2.24) is 0 Å². The van der Waals surface area contributed by atoms with Crippen LogP contribution in [0.25, 0.3) is 0 Å². The number of aryl methyl sites for hydroxylation is 2. The Kier molecular flexibility index (Phi) is 7.02. The van der Waals surface area contributed by atoms with Gasteiger partial charge in [0, 0.05) is 11.4 Å². The summed E-state index contributed by atoms with van der Waals surface area (Å²) in [6, 6.07) is 6.67. The number of rotatable bonds is 8. The molecule has 0 aliphatic carbocycles. The second kappa shape index (κ2) is 8.58. The second-order valence-electron chi connectivity index (χ2n) is 4.94. The molecule has 0 radical (unpaired) electrons. The number of nitrogens with one attached hydrogen (secondary N) is 1. The third kappa shape index (κ3) is 5.34. The zero-order valence-electron chi connectivity index (χ0n) is 12.6. The van der Waals surface area contributed by atoms with E-state index in [1.54, 1.807) is 0 Å². The molecule has 0 fully saturated rings. The summed E-state index contributed by atoms with van der Waals surface area (Å²) in [5.41, 5.74) is 5.03. The van der Waals surface area contributed by atoms with Gasteiger partial charge in [0.15, 0.2) is 0 Å². The van der Waals surface area contributed by atoms with E-state index < -0.39 is 0 Å². The van der Waals surface area contributed by atoms with E-state index in [1.165, 1.54) is 36.8 Å². The Morgan fingerprint density at radius 3 is 2.63 bits per heavy atom. The molecular weight excluding hydrogens is 230 g/mol. The molecule has 0 aromatic heterocycles. The van der Waals surface area contributed by atoms with Crippen molar-refractivity contribution in [2.75, 3.05) is 5.32 Å². The van der Waals surface area contributed by atoms with Crippen LogP contribution in [0, 0.1) is 0 Å². The van der Waals surface area contributed by atoms with E-state index in [0.29, 0.717) is 0 Å². The quantitative estimate of drug-likeness (QED) is 0.480. The molecule has 1 N–H and O–H groups in total. The highest BCUT2D eigenvalue weighted by Gasteiger charge is 2.03. The molecule has 0 heterocycles. The number of hydrogen-bond donors (Lipinski definition) is 1. The zero-order valence-corrected chi connectivity index (χ0v) is 12.6. The third-order valence-electron chi connectivity index (χ3n) is 3.31. The first-order valence-corrected chi connectivity index (χ1v) is 7.41. The molecule has 1 nitrogen and oxygen atoms in total. The molecule has 0 unspecified atom stereocenters. The van der Waals surface area contributed by atoms with Crippen LogP contribution < -0.4 is 5.32 Å². The lowest BCUT2D eigenvalue weighted by atomic mass is 9.99. The van der Waals surface area contributed by atoms with Gasteiger partial charge in [0.2, 0.25) is 0 Å². The summed E-state index contributed by atoms with van der Waals surface area (Å²) in [4.78, 5) is 0. The maximum Gasteiger partial charge on any atom is 0.0387 e. The smallest absolute Gasteiger partial charge is 0.0387 e. The molecule has 0 amide bonds. The first kappa shape index (κ1) is 15.6. The summed E-state index contributed by atoms with van der Waals surface area (Å²) in [6.07, 6.45) is 10.1. The summed E-state index contributed by atoms with van der Waals surface area (Å²) in [6.45, 7) is 10.5. The van der Waals surface area contributed by atoms with Crippen LogP contribution in [0.4, 0.5) is 5.69 Å². The van der Waals surface area contributed by atoms with E-state index in [0.717, 1.165) is 17.8 Å². The maximum atomic E-state index is 3.99. The zero-order chi connectivity index (χ0) is 14.1. The van der Waals surface area contributed by atoms with Crippen LogP contribution >= 0.6 is 0 Å². The fourth-order valence-corrected chi connectivity index (χ4v) is 2.28. The lowest BCUT2D eigenvalue weighted by Gasteiger charge is -2.12. The fourth-order valence-electron chi connectivity index (χ4n) is 2.28. The Balaban J connectivity index is 2.78. The van der Waals surface area contributed by atoms with Crippen molar-refractivity contribution >= 4 is 5.69 Å². The van der Waals surface area contributed by atoms with Gasteiger partial charge in [-0.25, -0.2) is 0 Å². The van der Waals surface area contributed by atoms with Gasteiger partial charge in [0.05, 0.1) is 0 Å². The van der Waals surface area contributed by atoms with Gasteiger partial charge >= 0.3 is 0 Å². The Bertz CT molecular complexity index is 429. The Hall–Kier alpha value is -1.50. The molecule has 0 atom stereocenters. The number of allylic oxidation sites excluding steroid dienone is 2. The highest BCUT2D eigenvalue weighted by atomic mass is 14.9. The molecule has 0 aliphatic rings. The van der Waals surface area contributed by atoms with Crippen LogP contribution in [-0.2, 0) is 12.8 Å². The van der Waals surface area contributed by atoms with Gasteiger partial charge in [-0.1, -0.05) is 45.4 Å². The maximum absolute atomic E-state index is 3.99. The average Bonchev–Trinajstić information content (AvgIpc) is 2.39. The minimum absolute atomic E-state index is 0.936. The van der Waals surface area contributed by atoms with Crippen LogP contribution in [0.2, 0.25) is 0 Å². The molecule has 19 heavy (non-hydrogen) atoms. The lowest BCUT2D eigenvalue weighted by molar-refractivity contribution is 0.714. The highest BCUT2D eigenvalue weighted by Crippen LogP contribution is 2.20. The summed E-state index contributed by atoms with van der Waals surface area (Å²) in [7, 11) is 0. The standard InChI is InChI=1S/C18H27N/c1-5-8-9-11-17-14-18(13-12-16(17)7-3)19-15(4)10-6-2/h6,10,12-14,19H,4-5,7-9,11H2,1-3H3/b10-6+. The third-order valence-corrected chi connectivity index (χ3v) is 3.31. The first-order valence-electron chi connectivity index (χ1n) is 7.41. The molecule has 1 aromatic rings. The minimum Gasteiger partial charge on any atom is -0.356 e.